The Bertz CT molecular complexity index is 1470. The van der Waals surface area contributed by atoms with E-state index in [2.05, 4.69) is 33.1 Å². The maximum Gasteiger partial charge on any atom is 0.255 e. The molecule has 3 fully saturated rings. The monoisotopic (exact) mass is 513 g/mol. The van der Waals surface area contributed by atoms with Crippen LogP contribution in [0.5, 0.6) is 0 Å². The van der Waals surface area contributed by atoms with E-state index in [9.17, 15) is 14.4 Å². The van der Waals surface area contributed by atoms with E-state index in [1.165, 1.54) is 17.4 Å². The molecule has 0 radical (unpaired) electrons. The van der Waals surface area contributed by atoms with E-state index in [0.717, 1.165) is 55.3 Å². The highest BCUT2D eigenvalue weighted by molar-refractivity contribution is 6.05. The third-order valence-electron chi connectivity index (χ3n) is 8.54. The Morgan fingerprint density at radius 1 is 1.08 bits per heavy atom. The van der Waals surface area contributed by atoms with Crippen LogP contribution in [-0.2, 0) is 34.5 Å². The molecule has 2 aromatic heterocycles. The largest absolute Gasteiger partial charge is 0.381 e. The zero-order chi connectivity index (χ0) is 26.0. The first kappa shape index (κ1) is 23.5. The Kier molecular flexibility index (Phi) is 5.59. The van der Waals surface area contributed by atoms with Gasteiger partial charge in [0.2, 0.25) is 11.8 Å². The Morgan fingerprint density at radius 3 is 2.68 bits per heavy atom. The first-order valence-electron chi connectivity index (χ1n) is 13.5. The zero-order valence-corrected chi connectivity index (χ0v) is 21.5. The summed E-state index contributed by atoms with van der Waals surface area (Å²) in [5, 5.41) is 3.54. The molecule has 4 aliphatic rings. The number of piperidine rings is 2. The number of fused-ring (bicyclic) bond motifs is 4. The number of aryl methyl sites for hydroxylation is 1. The smallest absolute Gasteiger partial charge is 0.255 e. The summed E-state index contributed by atoms with van der Waals surface area (Å²) in [5.41, 5.74) is 5.53. The molecule has 0 saturated carbocycles. The molecule has 0 aliphatic carbocycles. The van der Waals surface area contributed by atoms with Gasteiger partial charge in [-0.3, -0.25) is 24.6 Å². The minimum Gasteiger partial charge on any atom is -0.381 e. The van der Waals surface area contributed by atoms with Crippen molar-refractivity contribution in [3.63, 3.8) is 0 Å². The van der Waals surface area contributed by atoms with Gasteiger partial charge < -0.3 is 14.2 Å². The van der Waals surface area contributed by atoms with Crippen molar-refractivity contribution >= 4 is 28.8 Å². The van der Waals surface area contributed by atoms with Gasteiger partial charge in [-0.25, -0.2) is 4.98 Å². The molecule has 1 N–H and O–H groups in total. The predicted molar refractivity (Wildman–Crippen MR) is 140 cm³/mol. The van der Waals surface area contributed by atoms with Gasteiger partial charge in [0.15, 0.2) is 0 Å². The van der Waals surface area contributed by atoms with Gasteiger partial charge in [-0.2, -0.15) is 0 Å². The topological polar surface area (TPSA) is 96.8 Å². The Hall–Kier alpha value is -3.56. The van der Waals surface area contributed by atoms with Crippen molar-refractivity contribution in [3.05, 3.63) is 53.2 Å². The Morgan fingerprint density at radius 2 is 1.89 bits per heavy atom. The summed E-state index contributed by atoms with van der Waals surface area (Å²) >= 11 is 0. The first-order valence-corrected chi connectivity index (χ1v) is 13.5. The average molecular weight is 514 g/mol. The number of rotatable bonds is 4. The second-order valence-corrected chi connectivity index (χ2v) is 11.3. The van der Waals surface area contributed by atoms with Crippen LogP contribution < -0.4 is 5.32 Å². The minimum absolute atomic E-state index is 0.160. The fraction of sp³-hybridized carbons (Fsp3) is 0.448. The molecule has 1 aromatic carbocycles. The molecule has 3 unspecified atom stereocenters. The van der Waals surface area contributed by atoms with Gasteiger partial charge in [0.1, 0.15) is 11.7 Å². The summed E-state index contributed by atoms with van der Waals surface area (Å²) in [6.07, 6.45) is 3.93. The Labute approximate surface area is 220 Å². The lowest BCUT2D eigenvalue weighted by Crippen LogP contribution is -2.52. The summed E-state index contributed by atoms with van der Waals surface area (Å²) < 4.78 is 7.84. The number of hydrogen-bond donors (Lipinski definition) is 1. The number of likely N-dealkylation sites (tertiary alicyclic amines) is 1. The lowest BCUT2D eigenvalue weighted by atomic mass is 9.88. The summed E-state index contributed by atoms with van der Waals surface area (Å²) in [6, 6.07) is 9.56. The van der Waals surface area contributed by atoms with Crippen LogP contribution in [0.1, 0.15) is 40.7 Å². The van der Waals surface area contributed by atoms with E-state index >= 15 is 0 Å². The second-order valence-electron chi connectivity index (χ2n) is 11.3. The van der Waals surface area contributed by atoms with Crippen molar-refractivity contribution < 1.29 is 19.1 Å². The fourth-order valence-corrected chi connectivity index (χ4v) is 6.75. The highest BCUT2D eigenvalue weighted by atomic mass is 16.5. The molecule has 7 rings (SSSR count). The van der Waals surface area contributed by atoms with Gasteiger partial charge in [0.25, 0.3) is 5.91 Å². The number of nitrogens with one attached hydrogen (secondary N) is 1. The highest BCUT2D eigenvalue weighted by Crippen LogP contribution is 2.34. The molecule has 196 valence electrons. The van der Waals surface area contributed by atoms with Crippen LogP contribution >= 0.6 is 0 Å². The summed E-state index contributed by atoms with van der Waals surface area (Å²) in [6.45, 7) is 5.05. The molecule has 2 bridgehead atoms. The van der Waals surface area contributed by atoms with Gasteiger partial charge in [0.05, 0.1) is 18.9 Å². The molecular formula is C29H31N5O4. The van der Waals surface area contributed by atoms with Crippen molar-refractivity contribution in [3.8, 4) is 11.3 Å². The van der Waals surface area contributed by atoms with Crippen LogP contribution in [0.15, 0.2) is 36.5 Å². The molecule has 6 heterocycles. The van der Waals surface area contributed by atoms with E-state index in [1.807, 2.05) is 25.2 Å². The maximum atomic E-state index is 13.1. The number of hydrogen-bond acceptors (Lipinski definition) is 6. The van der Waals surface area contributed by atoms with Crippen LogP contribution in [0.4, 0.5) is 0 Å². The number of imide groups is 1. The van der Waals surface area contributed by atoms with E-state index < -0.39 is 11.9 Å². The molecule has 0 spiro atoms. The molecule has 4 aliphatic heterocycles. The number of aromatic nitrogens is 2. The molecule has 9 heteroatoms. The third-order valence-corrected chi connectivity index (χ3v) is 8.54. The van der Waals surface area contributed by atoms with Gasteiger partial charge >= 0.3 is 0 Å². The normalized spacial score (nSPS) is 25.7. The molecule has 3 saturated heterocycles. The summed E-state index contributed by atoms with van der Waals surface area (Å²) in [5.74, 6) is 0.383. The highest BCUT2D eigenvalue weighted by Gasteiger charge is 2.39. The van der Waals surface area contributed by atoms with Crippen molar-refractivity contribution in [2.45, 2.75) is 38.4 Å². The molecule has 3 atom stereocenters. The van der Waals surface area contributed by atoms with E-state index in [1.54, 1.807) is 4.90 Å². The van der Waals surface area contributed by atoms with Crippen LogP contribution in [-0.4, -0.2) is 69.4 Å². The SMILES string of the molecule is Cn1ccc2c(CN3CC4COCC(C4)C3)cc(-c3ccc4c(c3)CN(C3CCC(=O)NC3=O)C4=O)nc21. The predicted octanol–water partition coefficient (Wildman–Crippen LogP) is 2.47. The first-order chi connectivity index (χ1) is 18.4. The quantitative estimate of drug-likeness (QED) is 0.539. The van der Waals surface area contributed by atoms with Crippen molar-refractivity contribution in [2.24, 2.45) is 18.9 Å². The van der Waals surface area contributed by atoms with Crippen LogP contribution in [0.2, 0.25) is 0 Å². The fourth-order valence-electron chi connectivity index (χ4n) is 6.75. The molecule has 9 nitrogen and oxygen atoms in total. The number of nitrogens with zero attached hydrogens (tertiary/aromatic N) is 4. The number of amides is 3. The average Bonchev–Trinajstić information content (AvgIpc) is 3.43. The van der Waals surface area contributed by atoms with Gasteiger partial charge in [-0.15, -0.1) is 0 Å². The Balaban J connectivity index is 1.19. The number of pyridine rings is 1. The van der Waals surface area contributed by atoms with E-state index in [0.29, 0.717) is 30.4 Å². The molecule has 38 heavy (non-hydrogen) atoms. The van der Waals surface area contributed by atoms with Crippen molar-refractivity contribution in [2.75, 3.05) is 26.3 Å². The summed E-state index contributed by atoms with van der Waals surface area (Å²) in [4.78, 5) is 46.3. The third kappa shape index (κ3) is 4.01. The number of ether oxygens (including phenoxy) is 1. The number of carbonyl (C=O) groups is 3. The number of benzene rings is 1. The minimum atomic E-state index is -0.616. The van der Waals surface area contributed by atoms with Crippen LogP contribution in [0.25, 0.3) is 22.3 Å². The second kappa shape index (κ2) is 9.03. The molecule has 3 aromatic rings. The van der Waals surface area contributed by atoms with E-state index in [-0.39, 0.29) is 18.2 Å². The van der Waals surface area contributed by atoms with Crippen LogP contribution in [0.3, 0.4) is 0 Å². The van der Waals surface area contributed by atoms with Crippen LogP contribution in [0, 0.1) is 11.8 Å². The lowest BCUT2D eigenvalue weighted by Gasteiger charge is -2.41. The number of carbonyl (C=O) groups excluding carboxylic acids is 3. The lowest BCUT2D eigenvalue weighted by molar-refractivity contribution is -0.136. The van der Waals surface area contributed by atoms with Crippen molar-refractivity contribution in [1.82, 2.24) is 24.7 Å². The summed E-state index contributed by atoms with van der Waals surface area (Å²) in [7, 11) is 2.02. The van der Waals surface area contributed by atoms with Gasteiger partial charge in [0, 0.05) is 62.4 Å². The van der Waals surface area contributed by atoms with Gasteiger partial charge in [-0.1, -0.05) is 6.07 Å². The molecular weight excluding hydrogens is 482 g/mol. The van der Waals surface area contributed by atoms with E-state index in [4.69, 9.17) is 9.72 Å². The van der Waals surface area contributed by atoms with Gasteiger partial charge in [-0.05, 0) is 60.1 Å². The zero-order valence-electron chi connectivity index (χ0n) is 21.5. The standard InChI is InChI=1S/C29H31N5O4/c1-32-7-6-22-21(13-33-11-17-8-18(12-33)16-38-15-17)10-24(30-27(22)32)19-2-3-23-20(9-19)14-34(29(23)37)25-4-5-26(35)31-28(25)36/h2-3,6-7,9-10,17-18,25H,4-5,8,11-16H2,1H3,(H,31,35,36). The van der Waals surface area contributed by atoms with Crippen molar-refractivity contribution in [1.29, 1.82) is 0 Å². The molecule has 3 amide bonds. The maximum absolute atomic E-state index is 13.1.